The van der Waals surface area contributed by atoms with Gasteiger partial charge < -0.3 is 5.32 Å². The maximum absolute atomic E-state index is 13.1. The first-order valence-corrected chi connectivity index (χ1v) is 12.2. The van der Waals surface area contributed by atoms with Crippen LogP contribution in [0.1, 0.15) is 59.8 Å². The summed E-state index contributed by atoms with van der Waals surface area (Å²) in [5.41, 5.74) is 4.22. The van der Waals surface area contributed by atoms with Gasteiger partial charge >= 0.3 is 6.18 Å². The maximum atomic E-state index is 13.1. The molecule has 2 aliphatic heterocycles. The van der Waals surface area contributed by atoms with Gasteiger partial charge in [-0.1, -0.05) is 38.1 Å². The minimum absolute atomic E-state index is 0.0250. The van der Waals surface area contributed by atoms with Crippen LogP contribution in [0.3, 0.4) is 0 Å². The van der Waals surface area contributed by atoms with Crippen LogP contribution >= 0.6 is 0 Å². The van der Waals surface area contributed by atoms with Gasteiger partial charge in [0.1, 0.15) is 5.82 Å². The average Bonchev–Trinajstić information content (AvgIpc) is 3.42. The Morgan fingerprint density at radius 2 is 1.83 bits per heavy atom. The second kappa shape index (κ2) is 9.13. The molecule has 10 heteroatoms. The quantitative estimate of drug-likeness (QED) is 0.582. The molecule has 4 heterocycles. The van der Waals surface area contributed by atoms with Gasteiger partial charge in [-0.3, -0.25) is 9.48 Å². The SMILES string of the molecule is CCc1nn2c(c1C(=O)NCc1ccc(-c3nc4n(n3)CCC(C(F)(F)F)C4)cc1)CC(C)CC2. The lowest BCUT2D eigenvalue weighted by atomic mass is 9.95. The lowest BCUT2D eigenvalue weighted by Crippen LogP contribution is -2.31. The van der Waals surface area contributed by atoms with Crippen LogP contribution in [0.2, 0.25) is 0 Å². The summed E-state index contributed by atoms with van der Waals surface area (Å²) in [6.07, 6.45) is -1.69. The molecule has 1 aromatic carbocycles. The van der Waals surface area contributed by atoms with Crippen molar-refractivity contribution in [3.63, 3.8) is 0 Å². The molecular formula is C25H29F3N6O. The highest BCUT2D eigenvalue weighted by molar-refractivity contribution is 5.96. The van der Waals surface area contributed by atoms with E-state index in [1.54, 1.807) is 4.68 Å². The van der Waals surface area contributed by atoms with E-state index in [1.807, 2.05) is 35.9 Å². The first-order chi connectivity index (χ1) is 16.7. The van der Waals surface area contributed by atoms with Crippen LogP contribution < -0.4 is 5.32 Å². The molecule has 2 atom stereocenters. The first-order valence-electron chi connectivity index (χ1n) is 12.2. The molecule has 0 saturated heterocycles. The highest BCUT2D eigenvalue weighted by Gasteiger charge is 2.42. The van der Waals surface area contributed by atoms with Gasteiger partial charge in [-0.15, -0.1) is 0 Å². The molecule has 0 bridgehead atoms. The third-order valence-electron chi connectivity index (χ3n) is 7.06. The number of amides is 1. The molecule has 2 aliphatic rings. The number of nitrogens with zero attached hydrogens (tertiary/aromatic N) is 5. The predicted octanol–water partition coefficient (Wildman–Crippen LogP) is 4.34. The number of hydrogen-bond donors (Lipinski definition) is 1. The lowest BCUT2D eigenvalue weighted by Gasteiger charge is -2.24. The Balaban J connectivity index is 1.26. The van der Waals surface area contributed by atoms with Gasteiger partial charge in [0.25, 0.3) is 5.91 Å². The zero-order valence-corrected chi connectivity index (χ0v) is 19.9. The molecule has 1 N–H and O–H groups in total. The van der Waals surface area contributed by atoms with Crippen LogP contribution in [0.25, 0.3) is 11.4 Å². The summed E-state index contributed by atoms with van der Waals surface area (Å²) < 4.78 is 42.8. The van der Waals surface area contributed by atoms with E-state index in [4.69, 9.17) is 0 Å². The van der Waals surface area contributed by atoms with Gasteiger partial charge in [-0.25, -0.2) is 9.67 Å². The Hall–Kier alpha value is -3.17. The number of carbonyl (C=O) groups is 1. The van der Waals surface area contributed by atoms with Crippen molar-refractivity contribution in [2.24, 2.45) is 11.8 Å². The summed E-state index contributed by atoms with van der Waals surface area (Å²) in [5.74, 6) is -0.147. The van der Waals surface area contributed by atoms with Gasteiger partial charge in [-0.2, -0.15) is 23.4 Å². The molecule has 0 spiro atoms. The van der Waals surface area contributed by atoms with Crippen LogP contribution in [0, 0.1) is 11.8 Å². The number of carbonyl (C=O) groups excluding carboxylic acids is 1. The molecule has 2 unspecified atom stereocenters. The number of rotatable bonds is 5. The second-order valence-corrected chi connectivity index (χ2v) is 9.63. The van der Waals surface area contributed by atoms with Gasteiger partial charge in [0.05, 0.1) is 22.9 Å². The predicted molar refractivity (Wildman–Crippen MR) is 124 cm³/mol. The number of benzene rings is 1. The van der Waals surface area contributed by atoms with Crippen molar-refractivity contribution in [3.05, 3.63) is 52.6 Å². The summed E-state index contributed by atoms with van der Waals surface area (Å²) >= 11 is 0. The van der Waals surface area contributed by atoms with E-state index < -0.39 is 12.1 Å². The van der Waals surface area contributed by atoms with Gasteiger partial charge in [0, 0.05) is 31.6 Å². The summed E-state index contributed by atoms with van der Waals surface area (Å²) in [7, 11) is 0. The fraction of sp³-hybridized carbons (Fsp3) is 0.520. The number of nitrogens with one attached hydrogen (secondary N) is 1. The molecule has 7 nitrogen and oxygen atoms in total. The van der Waals surface area contributed by atoms with E-state index in [-0.39, 0.29) is 25.3 Å². The van der Waals surface area contributed by atoms with Crippen molar-refractivity contribution >= 4 is 5.91 Å². The Kier molecular flexibility index (Phi) is 6.14. The number of aryl methyl sites for hydroxylation is 3. The lowest BCUT2D eigenvalue weighted by molar-refractivity contribution is -0.179. The van der Waals surface area contributed by atoms with E-state index in [0.29, 0.717) is 36.1 Å². The highest BCUT2D eigenvalue weighted by Crippen LogP contribution is 2.35. The molecule has 2 aromatic heterocycles. The zero-order valence-electron chi connectivity index (χ0n) is 19.9. The van der Waals surface area contributed by atoms with Crippen molar-refractivity contribution in [2.75, 3.05) is 0 Å². The third-order valence-corrected chi connectivity index (χ3v) is 7.06. The molecule has 3 aromatic rings. The van der Waals surface area contributed by atoms with Gasteiger partial charge in [0.15, 0.2) is 5.82 Å². The van der Waals surface area contributed by atoms with Crippen LogP contribution in [0.5, 0.6) is 0 Å². The Bertz CT molecular complexity index is 1230. The van der Waals surface area contributed by atoms with Crippen molar-refractivity contribution in [1.82, 2.24) is 29.9 Å². The first kappa shape index (κ1) is 23.6. The molecule has 0 fully saturated rings. The number of hydrogen-bond acceptors (Lipinski definition) is 4. The van der Waals surface area contributed by atoms with Crippen LogP contribution in [-0.2, 0) is 38.9 Å². The van der Waals surface area contributed by atoms with Crippen LogP contribution in [0.4, 0.5) is 13.2 Å². The van der Waals surface area contributed by atoms with Crippen molar-refractivity contribution < 1.29 is 18.0 Å². The molecule has 5 rings (SSSR count). The van der Waals surface area contributed by atoms with E-state index in [2.05, 4.69) is 27.4 Å². The number of halogens is 3. The zero-order chi connectivity index (χ0) is 24.7. The van der Waals surface area contributed by atoms with Crippen LogP contribution in [-0.4, -0.2) is 36.6 Å². The van der Waals surface area contributed by atoms with Crippen molar-refractivity contribution in [2.45, 2.75) is 71.8 Å². The van der Waals surface area contributed by atoms with E-state index >= 15 is 0 Å². The van der Waals surface area contributed by atoms with Crippen LogP contribution in [0.15, 0.2) is 24.3 Å². The molecule has 1 amide bonds. The molecule has 35 heavy (non-hydrogen) atoms. The summed E-state index contributed by atoms with van der Waals surface area (Å²) in [6.45, 7) is 5.64. The highest BCUT2D eigenvalue weighted by atomic mass is 19.4. The Labute approximate surface area is 201 Å². The second-order valence-electron chi connectivity index (χ2n) is 9.63. The molecule has 0 saturated carbocycles. The van der Waals surface area contributed by atoms with Crippen molar-refractivity contribution in [1.29, 1.82) is 0 Å². The maximum Gasteiger partial charge on any atom is 0.392 e. The number of alkyl halides is 3. The summed E-state index contributed by atoms with van der Waals surface area (Å²) in [4.78, 5) is 17.4. The fourth-order valence-electron chi connectivity index (χ4n) is 4.98. The number of aromatic nitrogens is 5. The molecular weight excluding hydrogens is 457 g/mol. The largest absolute Gasteiger partial charge is 0.392 e. The monoisotopic (exact) mass is 486 g/mol. The third kappa shape index (κ3) is 4.70. The van der Waals surface area contributed by atoms with E-state index in [1.165, 1.54) is 0 Å². The minimum atomic E-state index is -4.21. The Morgan fingerprint density at radius 3 is 2.54 bits per heavy atom. The smallest absolute Gasteiger partial charge is 0.348 e. The summed E-state index contributed by atoms with van der Waals surface area (Å²) in [5, 5.41) is 12.1. The summed E-state index contributed by atoms with van der Waals surface area (Å²) in [6, 6.07) is 7.44. The standard InChI is InChI=1S/C25H29F3N6O/c1-3-19-22(20-12-15(2)8-10-33(20)31-19)24(35)29-14-16-4-6-17(7-5-16)23-30-21-13-18(25(26,27)28)9-11-34(21)32-23/h4-7,15,18H,3,8-14H2,1-2H3,(H,29,35). The fourth-order valence-corrected chi connectivity index (χ4v) is 4.98. The van der Waals surface area contributed by atoms with Gasteiger partial charge in [-0.05, 0) is 37.2 Å². The normalized spacial score (nSPS) is 19.8. The van der Waals surface area contributed by atoms with Crippen molar-refractivity contribution in [3.8, 4) is 11.4 Å². The topological polar surface area (TPSA) is 77.6 Å². The molecule has 0 radical (unpaired) electrons. The minimum Gasteiger partial charge on any atom is -0.348 e. The molecule has 186 valence electrons. The van der Waals surface area contributed by atoms with E-state index in [9.17, 15) is 18.0 Å². The molecule has 0 aliphatic carbocycles. The van der Waals surface area contributed by atoms with E-state index in [0.717, 1.165) is 41.9 Å². The Morgan fingerprint density at radius 1 is 1.09 bits per heavy atom. The average molecular weight is 487 g/mol. The number of fused-ring (bicyclic) bond motifs is 2. The van der Waals surface area contributed by atoms with Gasteiger partial charge in [0.2, 0.25) is 0 Å².